The van der Waals surface area contributed by atoms with E-state index in [-0.39, 0.29) is 5.82 Å². The Morgan fingerprint density at radius 3 is 3.06 bits per heavy atom. The Hall–Kier alpha value is -0.610. The number of hydrogen-bond acceptors (Lipinski definition) is 2. The summed E-state index contributed by atoms with van der Waals surface area (Å²) in [7, 11) is 0. The summed E-state index contributed by atoms with van der Waals surface area (Å²) in [4.78, 5) is 0. The monoisotopic (exact) mass is 301 g/mol. The van der Waals surface area contributed by atoms with Crippen molar-refractivity contribution in [3.05, 3.63) is 28.5 Å². The molecular weight excluding hydrogens is 285 g/mol. The van der Waals surface area contributed by atoms with Crippen molar-refractivity contribution in [2.24, 2.45) is 5.92 Å². The zero-order valence-corrected chi connectivity index (χ0v) is 11.3. The average Bonchev–Trinajstić information content (AvgIpc) is 2.35. The highest BCUT2D eigenvalue weighted by atomic mass is 79.9. The van der Waals surface area contributed by atoms with Gasteiger partial charge in [-0.2, -0.15) is 0 Å². The largest absolute Gasteiger partial charge is 0.493 e. The number of benzene rings is 1. The standard InChI is InChI=1S/C13H17BrFNO/c14-12-4-3-11(8-13(12)15)17-7-5-10-2-1-6-16-9-10/h3-4,8,10,16H,1-2,5-7,9H2. The molecule has 0 aromatic heterocycles. The maximum Gasteiger partial charge on any atom is 0.141 e. The number of hydrogen-bond donors (Lipinski definition) is 1. The van der Waals surface area contributed by atoms with Gasteiger partial charge in [-0.3, -0.25) is 0 Å². The first-order chi connectivity index (χ1) is 8.25. The fourth-order valence-electron chi connectivity index (χ4n) is 2.08. The van der Waals surface area contributed by atoms with E-state index in [0.717, 1.165) is 19.5 Å². The Kier molecular flexibility index (Phi) is 4.80. The highest BCUT2D eigenvalue weighted by Crippen LogP contribution is 2.21. The lowest BCUT2D eigenvalue weighted by atomic mass is 9.97. The van der Waals surface area contributed by atoms with Gasteiger partial charge in [-0.05, 0) is 66.3 Å². The fraction of sp³-hybridized carbons (Fsp3) is 0.538. The molecule has 1 atom stereocenters. The van der Waals surface area contributed by atoms with Gasteiger partial charge in [0.1, 0.15) is 11.6 Å². The molecule has 94 valence electrons. The molecule has 1 saturated heterocycles. The minimum absolute atomic E-state index is 0.276. The van der Waals surface area contributed by atoms with Crippen LogP contribution in [0.2, 0.25) is 0 Å². The van der Waals surface area contributed by atoms with Crippen molar-refractivity contribution < 1.29 is 9.13 Å². The van der Waals surface area contributed by atoms with Gasteiger partial charge >= 0.3 is 0 Å². The van der Waals surface area contributed by atoms with Crippen LogP contribution >= 0.6 is 15.9 Å². The van der Waals surface area contributed by atoms with Gasteiger partial charge < -0.3 is 10.1 Å². The summed E-state index contributed by atoms with van der Waals surface area (Å²) in [5.41, 5.74) is 0. The molecule has 1 fully saturated rings. The van der Waals surface area contributed by atoms with Gasteiger partial charge in [-0.1, -0.05) is 0 Å². The van der Waals surface area contributed by atoms with Crippen LogP contribution < -0.4 is 10.1 Å². The zero-order chi connectivity index (χ0) is 12.1. The third-order valence-electron chi connectivity index (χ3n) is 3.08. The SMILES string of the molecule is Fc1cc(OCCC2CCCNC2)ccc1Br. The normalized spacial score (nSPS) is 20.2. The average molecular weight is 302 g/mol. The summed E-state index contributed by atoms with van der Waals surface area (Å²) in [6, 6.07) is 4.88. The molecule has 1 aliphatic heterocycles. The number of ether oxygens (including phenoxy) is 1. The van der Waals surface area contributed by atoms with Gasteiger partial charge in [-0.25, -0.2) is 4.39 Å². The fourth-order valence-corrected chi connectivity index (χ4v) is 2.33. The molecule has 0 bridgehead atoms. The first-order valence-corrected chi connectivity index (χ1v) is 6.83. The quantitative estimate of drug-likeness (QED) is 0.921. The van der Waals surface area contributed by atoms with E-state index in [1.807, 2.05) is 0 Å². The maximum absolute atomic E-state index is 13.2. The van der Waals surface area contributed by atoms with Crippen LogP contribution in [0.25, 0.3) is 0 Å². The van der Waals surface area contributed by atoms with Gasteiger partial charge in [0, 0.05) is 6.07 Å². The smallest absolute Gasteiger partial charge is 0.141 e. The predicted molar refractivity (Wildman–Crippen MR) is 69.8 cm³/mol. The number of rotatable bonds is 4. The van der Waals surface area contributed by atoms with Crippen LogP contribution in [0.5, 0.6) is 5.75 Å². The third kappa shape index (κ3) is 3.96. The molecule has 4 heteroatoms. The van der Waals surface area contributed by atoms with Gasteiger partial charge in [0.05, 0.1) is 11.1 Å². The number of piperidine rings is 1. The highest BCUT2D eigenvalue weighted by Gasteiger charge is 2.12. The molecule has 0 aliphatic carbocycles. The Balaban J connectivity index is 1.75. The van der Waals surface area contributed by atoms with E-state index >= 15 is 0 Å². The van der Waals surface area contributed by atoms with Crippen molar-refractivity contribution in [2.75, 3.05) is 19.7 Å². The molecule has 1 unspecified atom stereocenters. The lowest BCUT2D eigenvalue weighted by molar-refractivity contribution is 0.253. The second kappa shape index (κ2) is 6.36. The van der Waals surface area contributed by atoms with Crippen LogP contribution in [-0.4, -0.2) is 19.7 Å². The molecule has 1 heterocycles. The third-order valence-corrected chi connectivity index (χ3v) is 3.73. The van der Waals surface area contributed by atoms with Crippen LogP contribution in [-0.2, 0) is 0 Å². The molecule has 2 rings (SSSR count). The summed E-state index contributed by atoms with van der Waals surface area (Å²) in [5, 5.41) is 3.38. The summed E-state index contributed by atoms with van der Waals surface area (Å²) in [6.07, 6.45) is 3.55. The van der Waals surface area contributed by atoms with Gasteiger partial charge in [-0.15, -0.1) is 0 Å². The molecule has 0 saturated carbocycles. The second-order valence-corrected chi connectivity index (χ2v) is 5.28. The van der Waals surface area contributed by atoms with Crippen molar-refractivity contribution in [1.82, 2.24) is 5.32 Å². The molecule has 1 aliphatic rings. The summed E-state index contributed by atoms with van der Waals surface area (Å²) >= 11 is 3.12. The molecule has 1 N–H and O–H groups in total. The molecule has 0 spiro atoms. The first-order valence-electron chi connectivity index (χ1n) is 6.04. The molecule has 0 radical (unpaired) electrons. The van der Waals surface area contributed by atoms with Crippen molar-refractivity contribution in [1.29, 1.82) is 0 Å². The molecule has 1 aromatic rings. The maximum atomic E-state index is 13.2. The van der Waals surface area contributed by atoms with E-state index in [1.165, 1.54) is 18.9 Å². The number of halogens is 2. The van der Waals surface area contributed by atoms with Crippen LogP contribution in [0.15, 0.2) is 22.7 Å². The molecule has 2 nitrogen and oxygen atoms in total. The lowest BCUT2D eigenvalue weighted by Gasteiger charge is -2.22. The van der Waals surface area contributed by atoms with Crippen LogP contribution in [0.3, 0.4) is 0 Å². The zero-order valence-electron chi connectivity index (χ0n) is 9.72. The lowest BCUT2D eigenvalue weighted by Crippen LogP contribution is -2.30. The van der Waals surface area contributed by atoms with E-state index in [9.17, 15) is 4.39 Å². The van der Waals surface area contributed by atoms with Crippen molar-refractivity contribution in [3.8, 4) is 5.75 Å². The van der Waals surface area contributed by atoms with E-state index in [1.54, 1.807) is 12.1 Å². The van der Waals surface area contributed by atoms with Gasteiger partial charge in [0.15, 0.2) is 0 Å². The van der Waals surface area contributed by atoms with E-state index in [4.69, 9.17) is 4.74 Å². The predicted octanol–water partition coefficient (Wildman–Crippen LogP) is 3.36. The minimum Gasteiger partial charge on any atom is -0.493 e. The summed E-state index contributed by atoms with van der Waals surface area (Å²) in [6.45, 7) is 2.88. The Morgan fingerprint density at radius 1 is 1.47 bits per heavy atom. The van der Waals surface area contributed by atoms with E-state index in [0.29, 0.717) is 22.7 Å². The second-order valence-electron chi connectivity index (χ2n) is 4.43. The van der Waals surface area contributed by atoms with E-state index in [2.05, 4.69) is 21.2 Å². The Labute approximate surface area is 110 Å². The summed E-state index contributed by atoms with van der Waals surface area (Å²) in [5.74, 6) is 1.03. The van der Waals surface area contributed by atoms with Crippen LogP contribution in [0.1, 0.15) is 19.3 Å². The van der Waals surface area contributed by atoms with Crippen molar-refractivity contribution in [2.45, 2.75) is 19.3 Å². The Morgan fingerprint density at radius 2 is 2.35 bits per heavy atom. The van der Waals surface area contributed by atoms with Gasteiger partial charge in [0.2, 0.25) is 0 Å². The van der Waals surface area contributed by atoms with Gasteiger partial charge in [0.25, 0.3) is 0 Å². The highest BCUT2D eigenvalue weighted by molar-refractivity contribution is 9.10. The minimum atomic E-state index is -0.276. The van der Waals surface area contributed by atoms with E-state index < -0.39 is 0 Å². The molecule has 0 amide bonds. The molecule has 1 aromatic carbocycles. The summed E-state index contributed by atoms with van der Waals surface area (Å²) < 4.78 is 19.3. The van der Waals surface area contributed by atoms with Crippen molar-refractivity contribution in [3.63, 3.8) is 0 Å². The number of nitrogens with one attached hydrogen (secondary N) is 1. The Bertz CT molecular complexity index is 366. The topological polar surface area (TPSA) is 21.3 Å². The first kappa shape index (κ1) is 12.8. The molecular formula is C13H17BrFNO. The van der Waals surface area contributed by atoms with Crippen LogP contribution in [0, 0.1) is 11.7 Å². The molecule has 17 heavy (non-hydrogen) atoms. The van der Waals surface area contributed by atoms with Crippen molar-refractivity contribution >= 4 is 15.9 Å². The van der Waals surface area contributed by atoms with Crippen LogP contribution in [0.4, 0.5) is 4.39 Å².